The number of carbonyl (C=O) groups is 3. The topological polar surface area (TPSA) is 136 Å². The van der Waals surface area contributed by atoms with Gasteiger partial charge in [0.2, 0.25) is 5.91 Å². The van der Waals surface area contributed by atoms with Crippen molar-refractivity contribution in [3.63, 3.8) is 0 Å². The van der Waals surface area contributed by atoms with Crippen molar-refractivity contribution in [2.45, 2.75) is 32.6 Å². The number of benzene rings is 1. The number of hydrogen-bond donors (Lipinski definition) is 3. The molecule has 0 bridgehead atoms. The number of primary amides is 1. The maximum absolute atomic E-state index is 14.9. The van der Waals surface area contributed by atoms with Crippen molar-refractivity contribution < 1.29 is 18.8 Å². The second kappa shape index (κ2) is 8.97. The number of rotatable bonds is 6. The number of carbonyl (C=O) groups excluding carboxylic acids is 3. The molecule has 2 heterocycles. The molecule has 3 aromatic rings. The maximum Gasteiger partial charge on any atom is 0.271 e. The van der Waals surface area contributed by atoms with E-state index in [1.54, 1.807) is 19.2 Å². The molecule has 2 aromatic heterocycles. The molecule has 0 spiro atoms. The third kappa shape index (κ3) is 4.55. The summed E-state index contributed by atoms with van der Waals surface area (Å²) in [6.07, 6.45) is 3.99. The van der Waals surface area contributed by atoms with Crippen LogP contribution in [0.2, 0.25) is 0 Å². The number of Topliss-reactive ketones (excluding diaryl/α,β-unsaturated/α-hetero) is 1. The van der Waals surface area contributed by atoms with Crippen LogP contribution in [-0.4, -0.2) is 37.6 Å². The van der Waals surface area contributed by atoms with E-state index >= 15 is 0 Å². The van der Waals surface area contributed by atoms with Crippen LogP contribution in [0.4, 0.5) is 10.1 Å². The van der Waals surface area contributed by atoms with Crippen molar-refractivity contribution >= 4 is 23.3 Å². The lowest BCUT2D eigenvalue weighted by Crippen LogP contribution is -2.36. The maximum atomic E-state index is 14.9. The lowest BCUT2D eigenvalue weighted by Gasteiger charge is -2.29. The van der Waals surface area contributed by atoms with Crippen LogP contribution in [0.5, 0.6) is 0 Å². The van der Waals surface area contributed by atoms with Gasteiger partial charge >= 0.3 is 0 Å². The van der Waals surface area contributed by atoms with Gasteiger partial charge in [0.05, 0.1) is 16.9 Å². The molecule has 1 fully saturated rings. The molecule has 4 rings (SSSR count). The van der Waals surface area contributed by atoms with Gasteiger partial charge in [-0.25, -0.2) is 4.39 Å². The van der Waals surface area contributed by atoms with Crippen molar-refractivity contribution in [3.05, 3.63) is 53.2 Å². The summed E-state index contributed by atoms with van der Waals surface area (Å²) in [5.41, 5.74) is 7.41. The van der Waals surface area contributed by atoms with Gasteiger partial charge in [-0.1, -0.05) is 18.9 Å². The molecule has 1 aromatic carbocycles. The van der Waals surface area contributed by atoms with Crippen molar-refractivity contribution in [1.29, 1.82) is 0 Å². The quantitative estimate of drug-likeness (QED) is 0.494. The van der Waals surface area contributed by atoms with E-state index in [2.05, 4.69) is 20.6 Å². The number of anilines is 1. The van der Waals surface area contributed by atoms with E-state index in [0.717, 1.165) is 18.5 Å². The minimum atomic E-state index is -0.767. The fourth-order valence-electron chi connectivity index (χ4n) is 4.39. The summed E-state index contributed by atoms with van der Waals surface area (Å²) in [5, 5.41) is 13.6. The van der Waals surface area contributed by atoms with Gasteiger partial charge in [-0.3, -0.25) is 24.2 Å². The van der Waals surface area contributed by atoms with E-state index in [-0.39, 0.29) is 16.9 Å². The predicted octanol–water partition coefficient (Wildman–Crippen LogP) is 2.98. The fourth-order valence-corrected chi connectivity index (χ4v) is 4.39. The Labute approximate surface area is 189 Å². The standard InChI is InChI=1S/C23H25FN6O3/c1-12-9-18(28-27-12)13-7-8-16(17(24)10-13)21(31)14-5-3-4-6-15(14)23(33)26-19-11-30(2)29-20(19)22(25)32/h7-11,14-15H,3-6H2,1-2H3,(H2,25,32)(H,26,33)(H,27,28). The molecule has 9 nitrogen and oxygen atoms in total. The Morgan fingerprint density at radius 1 is 1.18 bits per heavy atom. The third-order valence-electron chi connectivity index (χ3n) is 6.00. The minimum Gasteiger partial charge on any atom is -0.364 e. The molecule has 4 N–H and O–H groups in total. The zero-order valence-electron chi connectivity index (χ0n) is 18.4. The van der Waals surface area contributed by atoms with Gasteiger partial charge in [-0.15, -0.1) is 0 Å². The van der Waals surface area contributed by atoms with Crippen molar-refractivity contribution in [1.82, 2.24) is 20.0 Å². The van der Waals surface area contributed by atoms with Gasteiger partial charge in [0.25, 0.3) is 5.91 Å². The summed E-state index contributed by atoms with van der Waals surface area (Å²) in [6.45, 7) is 1.84. The number of nitrogens with two attached hydrogens (primary N) is 1. The summed E-state index contributed by atoms with van der Waals surface area (Å²) >= 11 is 0. The molecular formula is C23H25FN6O3. The lowest BCUT2D eigenvalue weighted by molar-refractivity contribution is -0.122. The van der Waals surface area contributed by atoms with E-state index in [0.29, 0.717) is 24.1 Å². The first-order chi connectivity index (χ1) is 15.7. The first-order valence-electron chi connectivity index (χ1n) is 10.7. The van der Waals surface area contributed by atoms with Gasteiger partial charge < -0.3 is 11.1 Å². The number of aromatic amines is 1. The van der Waals surface area contributed by atoms with Gasteiger partial charge in [0.15, 0.2) is 11.5 Å². The van der Waals surface area contributed by atoms with Crippen molar-refractivity contribution in [2.24, 2.45) is 24.6 Å². The van der Waals surface area contributed by atoms with E-state index in [4.69, 9.17) is 5.73 Å². The van der Waals surface area contributed by atoms with E-state index in [1.165, 1.54) is 23.0 Å². The molecule has 2 amide bonds. The van der Waals surface area contributed by atoms with Crippen molar-refractivity contribution in [2.75, 3.05) is 5.32 Å². The number of nitrogens with zero attached hydrogens (tertiary/aromatic N) is 3. The largest absolute Gasteiger partial charge is 0.364 e. The Balaban J connectivity index is 1.56. The van der Waals surface area contributed by atoms with Crippen LogP contribution in [0, 0.1) is 24.6 Å². The van der Waals surface area contributed by atoms with Crippen LogP contribution in [0.15, 0.2) is 30.5 Å². The molecule has 1 aliphatic rings. The zero-order chi connectivity index (χ0) is 23.7. The van der Waals surface area contributed by atoms with E-state index in [9.17, 15) is 18.8 Å². The third-order valence-corrected chi connectivity index (χ3v) is 6.00. The van der Waals surface area contributed by atoms with Crippen LogP contribution in [0.1, 0.15) is 52.2 Å². The normalized spacial score (nSPS) is 18.2. The molecule has 0 aliphatic heterocycles. The van der Waals surface area contributed by atoms with Crippen LogP contribution in [0.3, 0.4) is 0 Å². The smallest absolute Gasteiger partial charge is 0.271 e. The van der Waals surface area contributed by atoms with Crippen LogP contribution >= 0.6 is 0 Å². The van der Waals surface area contributed by atoms with Crippen molar-refractivity contribution in [3.8, 4) is 11.3 Å². The molecule has 10 heteroatoms. The number of amides is 2. The molecule has 1 saturated carbocycles. The fraction of sp³-hybridized carbons (Fsp3) is 0.348. The van der Waals surface area contributed by atoms with E-state index in [1.807, 2.05) is 6.92 Å². The van der Waals surface area contributed by atoms with E-state index < -0.39 is 35.3 Å². The average Bonchev–Trinajstić information content (AvgIpc) is 3.38. The number of nitrogens with one attached hydrogen (secondary N) is 2. The van der Waals surface area contributed by atoms with Gasteiger partial charge in [-0.2, -0.15) is 10.2 Å². The highest BCUT2D eigenvalue weighted by Crippen LogP contribution is 2.35. The SMILES string of the molecule is Cc1cc(-c2ccc(C(=O)C3CCCCC3C(=O)Nc3cn(C)nc3C(N)=O)c(F)c2)n[nH]1. The molecule has 172 valence electrons. The Kier molecular flexibility index (Phi) is 6.08. The first-order valence-corrected chi connectivity index (χ1v) is 10.7. The molecule has 0 radical (unpaired) electrons. The number of hydrogen-bond acceptors (Lipinski definition) is 5. The predicted molar refractivity (Wildman–Crippen MR) is 119 cm³/mol. The summed E-state index contributed by atoms with van der Waals surface area (Å²) in [6, 6.07) is 6.18. The van der Waals surface area contributed by atoms with Gasteiger partial charge in [-0.05, 0) is 38.0 Å². The molecule has 0 saturated heterocycles. The summed E-state index contributed by atoms with van der Waals surface area (Å²) in [4.78, 5) is 38.0. The molecule has 33 heavy (non-hydrogen) atoms. The molecule has 2 unspecified atom stereocenters. The van der Waals surface area contributed by atoms with Gasteiger partial charge in [0, 0.05) is 36.3 Å². The molecule has 1 aliphatic carbocycles. The van der Waals surface area contributed by atoms with Crippen LogP contribution in [-0.2, 0) is 11.8 Å². The average molecular weight is 452 g/mol. The number of H-pyrrole nitrogens is 1. The number of halogens is 1. The Morgan fingerprint density at radius 2 is 1.91 bits per heavy atom. The second-order valence-corrected chi connectivity index (χ2v) is 8.41. The number of ketones is 1. The Morgan fingerprint density at radius 3 is 2.55 bits per heavy atom. The molecular weight excluding hydrogens is 427 g/mol. The molecule has 2 atom stereocenters. The summed E-state index contributed by atoms with van der Waals surface area (Å²) in [7, 11) is 1.60. The lowest BCUT2D eigenvalue weighted by atomic mass is 9.74. The highest BCUT2D eigenvalue weighted by atomic mass is 19.1. The highest BCUT2D eigenvalue weighted by molar-refractivity contribution is 6.05. The van der Waals surface area contributed by atoms with Gasteiger partial charge in [0.1, 0.15) is 5.82 Å². The summed E-state index contributed by atoms with van der Waals surface area (Å²) < 4.78 is 16.3. The number of aryl methyl sites for hydroxylation is 2. The highest BCUT2D eigenvalue weighted by Gasteiger charge is 2.37. The minimum absolute atomic E-state index is 0.0464. The number of aromatic nitrogens is 4. The first kappa shape index (κ1) is 22.4. The monoisotopic (exact) mass is 452 g/mol. The Hall–Kier alpha value is -3.82. The van der Waals surface area contributed by atoms with Crippen LogP contribution < -0.4 is 11.1 Å². The summed E-state index contributed by atoms with van der Waals surface area (Å²) in [5.74, 6) is -3.55. The second-order valence-electron chi connectivity index (χ2n) is 8.41. The zero-order valence-corrected chi connectivity index (χ0v) is 18.4. The Bertz CT molecular complexity index is 1230. The van der Waals surface area contributed by atoms with Crippen LogP contribution in [0.25, 0.3) is 11.3 Å².